The van der Waals surface area contributed by atoms with E-state index in [0.29, 0.717) is 0 Å². The second kappa shape index (κ2) is 10.2. The fourth-order valence-corrected chi connectivity index (χ4v) is 4.70. The Labute approximate surface area is 221 Å². The lowest BCUT2D eigenvalue weighted by atomic mass is 9.93. The van der Waals surface area contributed by atoms with Crippen molar-refractivity contribution in [1.82, 2.24) is 15.0 Å². The van der Waals surface area contributed by atoms with Gasteiger partial charge in [0.25, 0.3) is 0 Å². The highest BCUT2D eigenvalue weighted by Gasteiger charge is 2.17. The summed E-state index contributed by atoms with van der Waals surface area (Å²) in [5, 5.41) is 0.215. The first-order valence-corrected chi connectivity index (χ1v) is 12.5. The molecule has 0 saturated heterocycles. The summed E-state index contributed by atoms with van der Waals surface area (Å²) in [7, 11) is 0. The first-order valence-electron chi connectivity index (χ1n) is 12.1. The molecule has 176 valence electrons. The summed E-state index contributed by atoms with van der Waals surface area (Å²) in [5.74, 6) is 0. The molecule has 4 aromatic carbocycles. The molecule has 0 atom stereocenters. The van der Waals surface area contributed by atoms with Crippen LogP contribution in [-0.2, 0) is 0 Å². The minimum atomic E-state index is 0.215. The lowest BCUT2D eigenvalue weighted by molar-refractivity contribution is 1.18. The van der Waals surface area contributed by atoms with Gasteiger partial charge in [-0.3, -0.25) is 0 Å². The zero-order valence-corrected chi connectivity index (χ0v) is 20.7. The van der Waals surface area contributed by atoms with Crippen LogP contribution in [0.5, 0.6) is 0 Å². The van der Waals surface area contributed by atoms with Gasteiger partial charge in [-0.1, -0.05) is 115 Å². The van der Waals surface area contributed by atoms with E-state index in [2.05, 4.69) is 58.5 Å². The van der Waals surface area contributed by atoms with Crippen LogP contribution in [0.4, 0.5) is 0 Å². The second-order valence-corrected chi connectivity index (χ2v) is 8.98. The van der Waals surface area contributed by atoms with Gasteiger partial charge in [0.1, 0.15) is 0 Å². The topological polar surface area (TPSA) is 38.7 Å². The number of benzene rings is 4. The molecular formula is C33H22ClN3. The van der Waals surface area contributed by atoms with Gasteiger partial charge in [-0.15, -0.1) is 0 Å². The number of aromatic nitrogens is 3. The van der Waals surface area contributed by atoms with Crippen molar-refractivity contribution in [2.24, 2.45) is 0 Å². The van der Waals surface area contributed by atoms with Crippen molar-refractivity contribution in [1.29, 1.82) is 0 Å². The van der Waals surface area contributed by atoms with Crippen LogP contribution in [0.1, 0.15) is 0 Å². The zero-order valence-electron chi connectivity index (χ0n) is 19.9. The highest BCUT2D eigenvalue weighted by Crippen LogP contribution is 2.38. The van der Waals surface area contributed by atoms with Gasteiger partial charge in [0.2, 0.25) is 5.28 Å². The predicted octanol–water partition coefficient (Wildman–Crippen LogP) is 8.86. The summed E-state index contributed by atoms with van der Waals surface area (Å²) in [5.41, 5.74) is 9.53. The van der Waals surface area contributed by atoms with Crippen LogP contribution in [0.2, 0.25) is 5.28 Å². The van der Waals surface area contributed by atoms with Gasteiger partial charge in [0.15, 0.2) is 0 Å². The summed E-state index contributed by atoms with van der Waals surface area (Å²) in [6, 6.07) is 45.0. The molecule has 3 nitrogen and oxygen atoms in total. The van der Waals surface area contributed by atoms with Crippen LogP contribution in [0.3, 0.4) is 0 Å². The lowest BCUT2D eigenvalue weighted by Gasteiger charge is -2.15. The second-order valence-electron chi connectivity index (χ2n) is 8.64. The van der Waals surface area contributed by atoms with Crippen LogP contribution in [0, 0.1) is 0 Å². The Morgan fingerprint density at radius 1 is 0.378 bits per heavy atom. The third kappa shape index (κ3) is 4.77. The molecule has 0 aliphatic carbocycles. The number of rotatable bonds is 5. The Morgan fingerprint density at radius 2 is 0.892 bits per heavy atom. The van der Waals surface area contributed by atoms with Crippen LogP contribution < -0.4 is 0 Å². The summed E-state index contributed by atoms with van der Waals surface area (Å²) in [6.07, 6.45) is 0. The maximum absolute atomic E-state index is 6.43. The Balaban J connectivity index is 1.54. The average molecular weight is 496 g/mol. The van der Waals surface area contributed by atoms with Crippen LogP contribution in [-0.4, -0.2) is 15.0 Å². The molecule has 0 saturated carbocycles. The Bertz CT molecular complexity index is 1670. The fourth-order valence-electron chi connectivity index (χ4n) is 4.52. The Kier molecular flexibility index (Phi) is 6.28. The van der Waals surface area contributed by atoms with E-state index in [1.54, 1.807) is 0 Å². The third-order valence-corrected chi connectivity index (χ3v) is 6.44. The largest absolute Gasteiger partial charge is 0.247 e. The number of halogens is 1. The standard InChI is InChI=1S/C33H22ClN3/c34-33-36-30(24-14-6-2-7-15-24)22-31(37-33)27-19-11-10-18-26(27)28-20-21-29(23-12-4-1-5-13-23)35-32(28)25-16-8-3-9-17-25/h1-22H. The summed E-state index contributed by atoms with van der Waals surface area (Å²) in [6.45, 7) is 0. The van der Waals surface area contributed by atoms with Crippen LogP contribution >= 0.6 is 11.6 Å². The van der Waals surface area contributed by atoms with E-state index in [1.165, 1.54) is 0 Å². The average Bonchev–Trinajstić information content (AvgIpc) is 2.98. The normalized spacial score (nSPS) is 10.8. The number of hydrogen-bond acceptors (Lipinski definition) is 3. The van der Waals surface area contributed by atoms with E-state index in [4.69, 9.17) is 16.6 Å². The maximum Gasteiger partial charge on any atom is 0.223 e. The number of nitrogens with zero attached hydrogens (tertiary/aromatic N) is 3. The van der Waals surface area contributed by atoms with E-state index >= 15 is 0 Å². The summed E-state index contributed by atoms with van der Waals surface area (Å²) in [4.78, 5) is 14.2. The highest BCUT2D eigenvalue weighted by atomic mass is 35.5. The molecule has 0 N–H and O–H groups in total. The van der Waals surface area contributed by atoms with Crippen molar-refractivity contribution in [3.63, 3.8) is 0 Å². The van der Waals surface area contributed by atoms with Crippen molar-refractivity contribution in [3.8, 4) is 56.2 Å². The van der Waals surface area contributed by atoms with Gasteiger partial charge in [-0.05, 0) is 35.4 Å². The monoisotopic (exact) mass is 495 g/mol. The van der Waals surface area contributed by atoms with Crippen molar-refractivity contribution in [2.45, 2.75) is 0 Å². The van der Waals surface area contributed by atoms with Crippen LogP contribution in [0.15, 0.2) is 133 Å². The molecule has 0 radical (unpaired) electrons. The molecule has 6 aromatic rings. The number of hydrogen-bond donors (Lipinski definition) is 0. The minimum absolute atomic E-state index is 0.215. The minimum Gasteiger partial charge on any atom is -0.247 e. The molecule has 2 heterocycles. The van der Waals surface area contributed by atoms with E-state index in [1.807, 2.05) is 84.9 Å². The van der Waals surface area contributed by atoms with Crippen molar-refractivity contribution in [2.75, 3.05) is 0 Å². The molecule has 0 aliphatic heterocycles. The first kappa shape index (κ1) is 22.8. The van der Waals surface area contributed by atoms with E-state index in [0.717, 1.165) is 56.2 Å². The molecule has 0 spiro atoms. The van der Waals surface area contributed by atoms with Crippen molar-refractivity contribution in [3.05, 3.63) is 139 Å². The molecule has 0 bridgehead atoms. The molecule has 2 aromatic heterocycles. The molecule has 0 fully saturated rings. The van der Waals surface area contributed by atoms with Gasteiger partial charge in [-0.2, -0.15) is 0 Å². The molecule has 0 amide bonds. The quantitative estimate of drug-likeness (QED) is 0.224. The van der Waals surface area contributed by atoms with E-state index in [9.17, 15) is 0 Å². The predicted molar refractivity (Wildman–Crippen MR) is 152 cm³/mol. The molecule has 0 aliphatic rings. The Hall–Kier alpha value is -4.60. The van der Waals surface area contributed by atoms with Gasteiger partial charge in [0, 0.05) is 27.8 Å². The lowest BCUT2D eigenvalue weighted by Crippen LogP contribution is -1.96. The smallest absolute Gasteiger partial charge is 0.223 e. The third-order valence-electron chi connectivity index (χ3n) is 6.27. The molecule has 6 rings (SSSR count). The highest BCUT2D eigenvalue weighted by molar-refractivity contribution is 6.28. The van der Waals surface area contributed by atoms with Gasteiger partial charge in [0.05, 0.1) is 22.8 Å². The van der Waals surface area contributed by atoms with Crippen molar-refractivity contribution < 1.29 is 0 Å². The van der Waals surface area contributed by atoms with E-state index in [-0.39, 0.29) is 5.28 Å². The molecular weight excluding hydrogens is 474 g/mol. The molecule has 0 unspecified atom stereocenters. The zero-order chi connectivity index (χ0) is 25.0. The summed E-state index contributed by atoms with van der Waals surface area (Å²) < 4.78 is 0. The van der Waals surface area contributed by atoms with Gasteiger partial charge >= 0.3 is 0 Å². The van der Waals surface area contributed by atoms with Crippen LogP contribution in [0.25, 0.3) is 56.2 Å². The Morgan fingerprint density at radius 3 is 1.54 bits per heavy atom. The number of pyridine rings is 1. The van der Waals surface area contributed by atoms with Crippen molar-refractivity contribution >= 4 is 11.6 Å². The SMILES string of the molecule is Clc1nc(-c2ccccc2)cc(-c2ccccc2-c2ccc(-c3ccccc3)nc2-c2ccccc2)n1. The summed E-state index contributed by atoms with van der Waals surface area (Å²) >= 11 is 6.43. The molecule has 4 heteroatoms. The van der Waals surface area contributed by atoms with E-state index < -0.39 is 0 Å². The first-order chi connectivity index (χ1) is 18.3. The van der Waals surface area contributed by atoms with Gasteiger partial charge < -0.3 is 0 Å². The fraction of sp³-hybridized carbons (Fsp3) is 0. The maximum atomic E-state index is 6.43. The van der Waals surface area contributed by atoms with Gasteiger partial charge in [-0.25, -0.2) is 15.0 Å². The molecule has 37 heavy (non-hydrogen) atoms.